The largest absolute Gasteiger partial charge is 0.433 e. The molecule has 0 aliphatic heterocycles. The second-order valence-corrected chi connectivity index (χ2v) is 4.62. The van der Waals surface area contributed by atoms with Crippen molar-refractivity contribution in [2.24, 2.45) is 0 Å². The third-order valence-corrected chi connectivity index (χ3v) is 3.32. The van der Waals surface area contributed by atoms with Gasteiger partial charge in [-0.2, -0.15) is 13.2 Å². The molecule has 0 bridgehead atoms. The van der Waals surface area contributed by atoms with Gasteiger partial charge in [0.1, 0.15) is 5.69 Å². The summed E-state index contributed by atoms with van der Waals surface area (Å²) < 4.78 is 37.9. The van der Waals surface area contributed by atoms with Gasteiger partial charge >= 0.3 is 6.18 Å². The second kappa shape index (κ2) is 4.33. The van der Waals surface area contributed by atoms with Gasteiger partial charge in [-0.3, -0.25) is 9.97 Å². The molecule has 0 N–H and O–H groups in total. The molecule has 0 saturated heterocycles. The average molecular weight is 264 g/mol. The lowest BCUT2D eigenvalue weighted by Crippen LogP contribution is -2.07. The van der Waals surface area contributed by atoms with Crippen molar-refractivity contribution in [2.45, 2.75) is 25.4 Å². The summed E-state index contributed by atoms with van der Waals surface area (Å²) in [6.07, 6.45) is 1.59. The molecule has 98 valence electrons. The Bertz CT molecular complexity index is 620. The number of halogens is 3. The van der Waals surface area contributed by atoms with Gasteiger partial charge in [-0.1, -0.05) is 0 Å². The number of nitrogens with zero attached hydrogens (tertiary/aromatic N) is 2. The molecule has 5 heteroatoms. The fourth-order valence-electron chi connectivity index (χ4n) is 2.36. The van der Waals surface area contributed by atoms with Crippen LogP contribution in [0, 0.1) is 0 Å². The molecule has 0 aromatic carbocycles. The van der Waals surface area contributed by atoms with Crippen LogP contribution >= 0.6 is 0 Å². The van der Waals surface area contributed by atoms with E-state index < -0.39 is 11.9 Å². The van der Waals surface area contributed by atoms with Gasteiger partial charge in [-0.05, 0) is 48.6 Å². The fourth-order valence-corrected chi connectivity index (χ4v) is 2.36. The summed E-state index contributed by atoms with van der Waals surface area (Å²) in [6.45, 7) is 0. The topological polar surface area (TPSA) is 25.8 Å². The number of aromatic nitrogens is 2. The third-order valence-electron chi connectivity index (χ3n) is 3.32. The molecule has 0 unspecified atom stereocenters. The van der Waals surface area contributed by atoms with Gasteiger partial charge in [-0.15, -0.1) is 0 Å². The molecule has 0 saturated carbocycles. The molecule has 0 spiro atoms. The summed E-state index contributed by atoms with van der Waals surface area (Å²) in [5.74, 6) is 0. The van der Waals surface area contributed by atoms with E-state index in [4.69, 9.17) is 0 Å². The number of hydrogen-bond donors (Lipinski definition) is 0. The van der Waals surface area contributed by atoms with E-state index in [1.807, 2.05) is 6.07 Å². The number of alkyl halides is 3. The summed E-state index contributed by atoms with van der Waals surface area (Å²) >= 11 is 0. The highest BCUT2D eigenvalue weighted by atomic mass is 19.4. The lowest BCUT2D eigenvalue weighted by Gasteiger charge is -2.08. The highest BCUT2D eigenvalue weighted by Crippen LogP contribution is 2.31. The van der Waals surface area contributed by atoms with Gasteiger partial charge < -0.3 is 0 Å². The third kappa shape index (κ3) is 2.32. The van der Waals surface area contributed by atoms with E-state index in [1.54, 1.807) is 12.3 Å². The smallest absolute Gasteiger partial charge is 0.256 e. The van der Waals surface area contributed by atoms with Crippen molar-refractivity contribution in [3.8, 4) is 11.3 Å². The molecule has 1 aliphatic carbocycles. The molecule has 2 heterocycles. The molecule has 0 fully saturated rings. The highest BCUT2D eigenvalue weighted by Gasteiger charge is 2.32. The van der Waals surface area contributed by atoms with Crippen LogP contribution in [0.15, 0.2) is 30.6 Å². The molecule has 3 rings (SSSR count). The van der Waals surface area contributed by atoms with Gasteiger partial charge in [0.25, 0.3) is 0 Å². The van der Waals surface area contributed by atoms with Crippen LogP contribution in [0.1, 0.15) is 23.2 Å². The SMILES string of the molecule is FC(F)(F)c1cc(-c2cc3c(cn2)CCC3)ccn1. The van der Waals surface area contributed by atoms with Crippen molar-refractivity contribution in [3.05, 3.63) is 47.4 Å². The zero-order valence-corrected chi connectivity index (χ0v) is 10.0. The number of pyridine rings is 2. The Morgan fingerprint density at radius 2 is 1.79 bits per heavy atom. The maximum Gasteiger partial charge on any atom is 0.433 e. The minimum absolute atomic E-state index is 0.456. The monoisotopic (exact) mass is 264 g/mol. The maximum absolute atomic E-state index is 12.6. The minimum atomic E-state index is -4.42. The first-order valence-electron chi connectivity index (χ1n) is 6.05. The quantitative estimate of drug-likeness (QED) is 0.785. The van der Waals surface area contributed by atoms with Crippen LogP contribution in [-0.2, 0) is 19.0 Å². The molecule has 2 nitrogen and oxygen atoms in total. The van der Waals surface area contributed by atoms with Gasteiger partial charge in [0.05, 0.1) is 5.69 Å². The van der Waals surface area contributed by atoms with Crippen molar-refractivity contribution >= 4 is 0 Å². The standard InChI is InChI=1S/C14H11F3N2/c15-14(16,17)13-7-10(4-5-18-13)12-6-9-2-1-3-11(9)8-19-12/h4-8H,1-3H2. The predicted molar refractivity (Wildman–Crippen MR) is 64.5 cm³/mol. The Labute approximate surface area is 108 Å². The van der Waals surface area contributed by atoms with E-state index in [0.29, 0.717) is 11.3 Å². The summed E-state index contributed by atoms with van der Waals surface area (Å²) in [7, 11) is 0. The Morgan fingerprint density at radius 3 is 2.58 bits per heavy atom. The van der Waals surface area contributed by atoms with Crippen LogP contribution in [-0.4, -0.2) is 9.97 Å². The van der Waals surface area contributed by atoms with Crippen LogP contribution < -0.4 is 0 Å². The lowest BCUT2D eigenvalue weighted by atomic mass is 10.1. The highest BCUT2D eigenvalue weighted by molar-refractivity contribution is 5.60. The van der Waals surface area contributed by atoms with E-state index in [9.17, 15) is 13.2 Å². The van der Waals surface area contributed by atoms with Gasteiger partial charge in [0.15, 0.2) is 0 Å². The van der Waals surface area contributed by atoms with E-state index in [0.717, 1.165) is 25.3 Å². The number of aryl methyl sites for hydroxylation is 2. The normalized spacial score (nSPS) is 14.5. The summed E-state index contributed by atoms with van der Waals surface area (Å²) in [4.78, 5) is 7.60. The van der Waals surface area contributed by atoms with E-state index in [1.165, 1.54) is 17.3 Å². The number of hydrogen-bond acceptors (Lipinski definition) is 2. The summed E-state index contributed by atoms with van der Waals surface area (Å²) in [5, 5.41) is 0. The maximum atomic E-state index is 12.6. The van der Waals surface area contributed by atoms with Crippen LogP contribution in [0.2, 0.25) is 0 Å². The molecule has 0 radical (unpaired) electrons. The number of rotatable bonds is 1. The van der Waals surface area contributed by atoms with E-state index in [-0.39, 0.29) is 0 Å². The van der Waals surface area contributed by atoms with E-state index in [2.05, 4.69) is 9.97 Å². The van der Waals surface area contributed by atoms with Gasteiger partial charge in [0.2, 0.25) is 0 Å². The first-order chi connectivity index (χ1) is 9.04. The Balaban J connectivity index is 2.03. The predicted octanol–water partition coefficient (Wildman–Crippen LogP) is 3.65. The van der Waals surface area contributed by atoms with Gasteiger partial charge in [0, 0.05) is 18.0 Å². The molecule has 2 aromatic heterocycles. The Hall–Kier alpha value is -1.91. The summed E-state index contributed by atoms with van der Waals surface area (Å²) in [5.41, 5.74) is 2.54. The van der Waals surface area contributed by atoms with Crippen molar-refractivity contribution in [3.63, 3.8) is 0 Å². The van der Waals surface area contributed by atoms with E-state index >= 15 is 0 Å². The molecule has 0 atom stereocenters. The Morgan fingerprint density at radius 1 is 1.00 bits per heavy atom. The fraction of sp³-hybridized carbons (Fsp3) is 0.286. The first-order valence-corrected chi connectivity index (χ1v) is 6.05. The van der Waals surface area contributed by atoms with Crippen molar-refractivity contribution in [2.75, 3.05) is 0 Å². The molecular weight excluding hydrogens is 253 g/mol. The molecule has 2 aromatic rings. The minimum Gasteiger partial charge on any atom is -0.256 e. The zero-order valence-electron chi connectivity index (χ0n) is 10.0. The molecular formula is C14H11F3N2. The zero-order chi connectivity index (χ0) is 13.5. The molecule has 1 aliphatic rings. The van der Waals surface area contributed by atoms with Crippen molar-refractivity contribution in [1.82, 2.24) is 9.97 Å². The molecule has 19 heavy (non-hydrogen) atoms. The van der Waals surface area contributed by atoms with Gasteiger partial charge in [-0.25, -0.2) is 0 Å². The second-order valence-electron chi connectivity index (χ2n) is 4.62. The van der Waals surface area contributed by atoms with Crippen LogP contribution in [0.5, 0.6) is 0 Å². The number of fused-ring (bicyclic) bond motifs is 1. The molecule has 0 amide bonds. The van der Waals surface area contributed by atoms with Crippen molar-refractivity contribution < 1.29 is 13.2 Å². The Kier molecular flexibility index (Phi) is 2.77. The first kappa shape index (κ1) is 12.1. The average Bonchev–Trinajstić information content (AvgIpc) is 2.85. The van der Waals surface area contributed by atoms with Crippen molar-refractivity contribution in [1.29, 1.82) is 0 Å². The van der Waals surface area contributed by atoms with Crippen LogP contribution in [0.3, 0.4) is 0 Å². The summed E-state index contributed by atoms with van der Waals surface area (Å²) in [6, 6.07) is 4.49. The van der Waals surface area contributed by atoms with Crippen LogP contribution in [0.4, 0.5) is 13.2 Å². The van der Waals surface area contributed by atoms with Crippen LogP contribution in [0.25, 0.3) is 11.3 Å². The lowest BCUT2D eigenvalue weighted by molar-refractivity contribution is -0.141.